The first-order valence-corrected chi connectivity index (χ1v) is 6.99. The minimum absolute atomic E-state index is 0.194. The zero-order valence-corrected chi connectivity index (χ0v) is 11.2. The van der Waals surface area contributed by atoms with Crippen LogP contribution in [0.1, 0.15) is 32.6 Å². The summed E-state index contributed by atoms with van der Waals surface area (Å²) in [4.78, 5) is 23.3. The van der Waals surface area contributed by atoms with Gasteiger partial charge >= 0.3 is 5.97 Å². The maximum atomic E-state index is 12.1. The van der Waals surface area contributed by atoms with Gasteiger partial charge < -0.3 is 15.2 Å². The molecule has 0 aliphatic carbocycles. The van der Waals surface area contributed by atoms with Gasteiger partial charge in [0.2, 0.25) is 5.91 Å². The first-order valence-electron chi connectivity index (χ1n) is 6.99. The van der Waals surface area contributed by atoms with E-state index in [0.717, 1.165) is 25.7 Å². The molecule has 0 aromatic heterocycles. The standard InChI is InChI=1S/C14H21NO4/c1-2-3-4-5-8-15-13(16)11-9-6-7-10(19-9)12(11)14(17)18/h6-7,9-12H,2-5,8H2,1H3,(H,15,16)(H,17,18)/t9-,10+,11-,12-/m0/s1. The van der Waals surface area contributed by atoms with Gasteiger partial charge in [0, 0.05) is 6.54 Å². The zero-order chi connectivity index (χ0) is 13.8. The van der Waals surface area contributed by atoms with Crippen molar-refractivity contribution in [2.75, 3.05) is 6.54 Å². The number of fused-ring (bicyclic) bond motifs is 2. The molecule has 2 aliphatic rings. The number of carbonyl (C=O) groups excluding carboxylic acids is 1. The maximum absolute atomic E-state index is 12.1. The highest BCUT2D eigenvalue weighted by Crippen LogP contribution is 2.39. The molecule has 5 heteroatoms. The highest BCUT2D eigenvalue weighted by atomic mass is 16.5. The summed E-state index contributed by atoms with van der Waals surface area (Å²) < 4.78 is 5.47. The van der Waals surface area contributed by atoms with Crippen LogP contribution in [0.4, 0.5) is 0 Å². The normalized spacial score (nSPS) is 31.6. The van der Waals surface area contributed by atoms with E-state index in [1.165, 1.54) is 0 Å². The minimum Gasteiger partial charge on any atom is -0.481 e. The van der Waals surface area contributed by atoms with E-state index in [0.29, 0.717) is 6.54 Å². The number of unbranched alkanes of at least 4 members (excludes halogenated alkanes) is 3. The van der Waals surface area contributed by atoms with Gasteiger partial charge in [-0.25, -0.2) is 0 Å². The van der Waals surface area contributed by atoms with Crippen LogP contribution in [-0.2, 0) is 14.3 Å². The molecule has 106 valence electrons. The van der Waals surface area contributed by atoms with Crippen molar-refractivity contribution >= 4 is 11.9 Å². The van der Waals surface area contributed by atoms with E-state index in [-0.39, 0.29) is 12.0 Å². The Balaban J connectivity index is 1.84. The second-order valence-corrected chi connectivity index (χ2v) is 5.19. The Labute approximate surface area is 113 Å². The Morgan fingerprint density at radius 1 is 1.16 bits per heavy atom. The third-order valence-corrected chi connectivity index (χ3v) is 3.82. The summed E-state index contributed by atoms with van der Waals surface area (Å²) in [7, 11) is 0. The monoisotopic (exact) mass is 267 g/mol. The quantitative estimate of drug-likeness (QED) is 0.539. The molecule has 2 heterocycles. The zero-order valence-electron chi connectivity index (χ0n) is 11.2. The fraction of sp³-hybridized carbons (Fsp3) is 0.714. The smallest absolute Gasteiger partial charge is 0.310 e. The lowest BCUT2D eigenvalue weighted by Crippen LogP contribution is -2.42. The fourth-order valence-electron chi connectivity index (χ4n) is 2.80. The lowest BCUT2D eigenvalue weighted by Gasteiger charge is -2.20. The predicted octanol–water partition coefficient (Wildman–Crippen LogP) is 1.34. The number of hydrogen-bond acceptors (Lipinski definition) is 3. The third-order valence-electron chi connectivity index (χ3n) is 3.82. The van der Waals surface area contributed by atoms with Crippen LogP contribution in [0.3, 0.4) is 0 Å². The molecule has 1 fully saturated rings. The van der Waals surface area contributed by atoms with E-state index < -0.39 is 23.9 Å². The molecular weight excluding hydrogens is 246 g/mol. The Hall–Kier alpha value is -1.36. The second kappa shape index (κ2) is 6.19. The van der Waals surface area contributed by atoms with Gasteiger partial charge in [-0.2, -0.15) is 0 Å². The van der Waals surface area contributed by atoms with Crippen LogP contribution in [-0.4, -0.2) is 35.7 Å². The number of nitrogens with one attached hydrogen (secondary N) is 1. The molecule has 1 saturated heterocycles. The van der Waals surface area contributed by atoms with E-state index in [9.17, 15) is 14.7 Å². The number of hydrogen-bond donors (Lipinski definition) is 2. The summed E-state index contributed by atoms with van der Waals surface area (Å²) >= 11 is 0. The number of carbonyl (C=O) groups is 2. The third kappa shape index (κ3) is 2.97. The highest BCUT2D eigenvalue weighted by Gasteiger charge is 2.52. The molecule has 0 radical (unpaired) electrons. The van der Waals surface area contributed by atoms with Gasteiger partial charge in [-0.05, 0) is 6.42 Å². The summed E-state index contributed by atoms with van der Waals surface area (Å²) in [6, 6.07) is 0. The van der Waals surface area contributed by atoms with Crippen molar-refractivity contribution in [1.29, 1.82) is 0 Å². The topological polar surface area (TPSA) is 75.6 Å². The van der Waals surface area contributed by atoms with Gasteiger partial charge in [0.1, 0.15) is 5.92 Å². The van der Waals surface area contributed by atoms with Crippen LogP contribution in [0, 0.1) is 11.8 Å². The lowest BCUT2D eigenvalue weighted by molar-refractivity contribution is -0.146. The summed E-state index contributed by atoms with van der Waals surface area (Å²) in [6.45, 7) is 2.75. The molecule has 2 N–H and O–H groups in total. The average Bonchev–Trinajstić information content (AvgIpc) is 2.98. The number of aliphatic carboxylic acids is 1. The van der Waals surface area contributed by atoms with Crippen LogP contribution in [0.15, 0.2) is 12.2 Å². The van der Waals surface area contributed by atoms with Crippen molar-refractivity contribution in [2.24, 2.45) is 11.8 Å². The molecule has 0 unspecified atom stereocenters. The van der Waals surface area contributed by atoms with E-state index in [1.807, 2.05) is 0 Å². The Morgan fingerprint density at radius 2 is 1.84 bits per heavy atom. The molecule has 19 heavy (non-hydrogen) atoms. The van der Waals surface area contributed by atoms with Gasteiger partial charge in [-0.1, -0.05) is 38.3 Å². The molecule has 4 atom stereocenters. The molecule has 0 saturated carbocycles. The number of amides is 1. The van der Waals surface area contributed by atoms with Gasteiger partial charge in [0.25, 0.3) is 0 Å². The summed E-state index contributed by atoms with van der Waals surface area (Å²) in [6.07, 6.45) is 7.06. The molecule has 0 spiro atoms. The fourth-order valence-corrected chi connectivity index (χ4v) is 2.80. The van der Waals surface area contributed by atoms with Crippen molar-refractivity contribution in [3.8, 4) is 0 Å². The lowest BCUT2D eigenvalue weighted by atomic mass is 9.82. The van der Waals surface area contributed by atoms with Crippen molar-refractivity contribution in [1.82, 2.24) is 5.32 Å². The van der Waals surface area contributed by atoms with E-state index >= 15 is 0 Å². The van der Waals surface area contributed by atoms with Gasteiger partial charge in [-0.15, -0.1) is 0 Å². The molecule has 0 aromatic rings. The van der Waals surface area contributed by atoms with Gasteiger partial charge in [0.15, 0.2) is 0 Å². The Bertz CT molecular complexity index is 380. The van der Waals surface area contributed by atoms with Crippen LogP contribution < -0.4 is 5.32 Å². The van der Waals surface area contributed by atoms with Crippen LogP contribution in [0.25, 0.3) is 0 Å². The number of ether oxygens (including phenoxy) is 1. The SMILES string of the molecule is CCCCCCNC(=O)[C@@H]1[C@@H](C(=O)O)[C@H]2C=C[C@@H]1O2. The highest BCUT2D eigenvalue weighted by molar-refractivity contribution is 5.87. The Morgan fingerprint density at radius 3 is 2.47 bits per heavy atom. The van der Waals surface area contributed by atoms with Crippen LogP contribution in [0.2, 0.25) is 0 Å². The van der Waals surface area contributed by atoms with E-state index in [4.69, 9.17) is 4.74 Å². The summed E-state index contributed by atoms with van der Waals surface area (Å²) in [5, 5.41) is 12.0. The molecule has 0 aromatic carbocycles. The summed E-state index contributed by atoms with van der Waals surface area (Å²) in [5.41, 5.74) is 0. The molecule has 1 amide bonds. The van der Waals surface area contributed by atoms with Crippen molar-refractivity contribution < 1.29 is 19.4 Å². The summed E-state index contributed by atoms with van der Waals surface area (Å²) in [5.74, 6) is -2.48. The number of carboxylic acid groups (broad SMARTS) is 1. The second-order valence-electron chi connectivity index (χ2n) is 5.19. The van der Waals surface area contributed by atoms with E-state index in [1.54, 1.807) is 12.2 Å². The van der Waals surface area contributed by atoms with Gasteiger partial charge in [0.05, 0.1) is 18.1 Å². The number of rotatable bonds is 7. The number of carboxylic acids is 1. The first kappa shape index (κ1) is 14.1. The largest absolute Gasteiger partial charge is 0.481 e. The molecular formula is C14H21NO4. The predicted molar refractivity (Wildman–Crippen MR) is 69.6 cm³/mol. The Kier molecular flexibility index (Phi) is 4.58. The minimum atomic E-state index is -0.956. The van der Waals surface area contributed by atoms with Crippen molar-refractivity contribution in [2.45, 2.75) is 44.8 Å². The molecule has 2 aliphatic heterocycles. The van der Waals surface area contributed by atoms with Crippen LogP contribution in [0.5, 0.6) is 0 Å². The molecule has 2 bridgehead atoms. The first-order chi connectivity index (χ1) is 9.15. The van der Waals surface area contributed by atoms with E-state index in [2.05, 4.69) is 12.2 Å². The molecule has 5 nitrogen and oxygen atoms in total. The maximum Gasteiger partial charge on any atom is 0.310 e. The van der Waals surface area contributed by atoms with Crippen LogP contribution >= 0.6 is 0 Å². The molecule has 2 rings (SSSR count). The van der Waals surface area contributed by atoms with Gasteiger partial charge in [-0.3, -0.25) is 9.59 Å². The average molecular weight is 267 g/mol. The van der Waals surface area contributed by atoms with Crippen molar-refractivity contribution in [3.63, 3.8) is 0 Å². The van der Waals surface area contributed by atoms with Crippen molar-refractivity contribution in [3.05, 3.63) is 12.2 Å².